The second-order valence-corrected chi connectivity index (χ2v) is 7.89. The maximum atomic E-state index is 12.8. The number of nitrogens with zero attached hydrogens (tertiary/aromatic N) is 3. The second-order valence-electron chi connectivity index (χ2n) is 7.89. The normalized spacial score (nSPS) is 10.9. The molecule has 0 saturated carbocycles. The summed E-state index contributed by atoms with van der Waals surface area (Å²) in [5.41, 5.74) is 3.51. The summed E-state index contributed by atoms with van der Waals surface area (Å²) in [6.07, 6.45) is 4.84. The molecule has 0 aliphatic rings. The van der Waals surface area contributed by atoms with Crippen molar-refractivity contribution < 1.29 is 14.6 Å². The molecular formula is C27H20N4O4. The van der Waals surface area contributed by atoms with Gasteiger partial charge >= 0.3 is 5.97 Å². The van der Waals surface area contributed by atoms with E-state index < -0.39 is 5.97 Å². The van der Waals surface area contributed by atoms with Crippen LogP contribution in [0.25, 0.3) is 33.1 Å². The summed E-state index contributed by atoms with van der Waals surface area (Å²) in [7, 11) is 1.57. The molecule has 2 aromatic carbocycles. The Morgan fingerprint density at radius 1 is 1.14 bits per heavy atom. The average Bonchev–Trinajstić information content (AvgIpc) is 3.35. The first-order chi connectivity index (χ1) is 17.0. The van der Waals surface area contributed by atoms with Crippen LogP contribution in [-0.2, 0) is 11.3 Å². The van der Waals surface area contributed by atoms with Crippen molar-refractivity contribution in [1.29, 1.82) is 0 Å². The molecule has 0 fully saturated rings. The van der Waals surface area contributed by atoms with Gasteiger partial charge in [-0.2, -0.15) is 0 Å². The SMILES string of the molecule is COCCn1cnc2ncc(C#Cc3cccc(C(=O)O)c3-c3ccc4cc[nH]c4c3)cc2c1=O. The van der Waals surface area contributed by atoms with Crippen molar-refractivity contribution in [3.05, 3.63) is 94.3 Å². The fraction of sp³-hybridized carbons (Fsp3) is 0.111. The topological polar surface area (TPSA) is 110 Å². The summed E-state index contributed by atoms with van der Waals surface area (Å²) < 4.78 is 6.52. The van der Waals surface area contributed by atoms with Crippen molar-refractivity contribution in [3.8, 4) is 23.0 Å². The zero-order valence-corrected chi connectivity index (χ0v) is 18.8. The molecular weight excluding hydrogens is 444 g/mol. The molecule has 3 heterocycles. The number of carboxylic acid groups (broad SMARTS) is 1. The first kappa shape index (κ1) is 22.1. The molecule has 2 N–H and O–H groups in total. The number of fused-ring (bicyclic) bond motifs is 2. The van der Waals surface area contributed by atoms with Crippen LogP contribution in [0.1, 0.15) is 21.5 Å². The van der Waals surface area contributed by atoms with E-state index in [-0.39, 0.29) is 11.1 Å². The van der Waals surface area contributed by atoms with Gasteiger partial charge in [0.15, 0.2) is 5.65 Å². The highest BCUT2D eigenvalue weighted by molar-refractivity contribution is 5.99. The van der Waals surface area contributed by atoms with Crippen LogP contribution in [0.5, 0.6) is 0 Å². The van der Waals surface area contributed by atoms with Gasteiger partial charge in [0.2, 0.25) is 0 Å². The first-order valence-corrected chi connectivity index (χ1v) is 10.8. The molecule has 35 heavy (non-hydrogen) atoms. The fourth-order valence-electron chi connectivity index (χ4n) is 3.96. The standard InChI is InChI=1S/C27H20N4O4/c1-35-12-11-31-16-30-25-22(26(31)32)13-17(15-29-25)5-6-19-3-2-4-21(27(33)34)24(19)20-8-7-18-9-10-28-23(18)14-20/h2-4,7-10,13-16,28H,11-12H2,1H3,(H,33,34). The predicted octanol–water partition coefficient (Wildman–Crippen LogP) is 3.68. The number of benzene rings is 2. The number of carboxylic acids is 1. The van der Waals surface area contributed by atoms with E-state index >= 15 is 0 Å². The Kier molecular flexibility index (Phi) is 5.83. The summed E-state index contributed by atoms with van der Waals surface area (Å²) in [4.78, 5) is 36.5. The lowest BCUT2D eigenvalue weighted by atomic mass is 9.93. The van der Waals surface area contributed by atoms with Crippen LogP contribution in [0.4, 0.5) is 0 Å². The van der Waals surface area contributed by atoms with E-state index in [4.69, 9.17) is 4.74 Å². The molecule has 0 aliphatic carbocycles. The van der Waals surface area contributed by atoms with E-state index in [0.29, 0.717) is 40.9 Å². The predicted molar refractivity (Wildman–Crippen MR) is 132 cm³/mol. The lowest BCUT2D eigenvalue weighted by Gasteiger charge is -2.10. The number of pyridine rings is 1. The van der Waals surface area contributed by atoms with Crippen LogP contribution in [0.2, 0.25) is 0 Å². The molecule has 8 heteroatoms. The quantitative estimate of drug-likeness (QED) is 0.384. The maximum absolute atomic E-state index is 12.8. The Morgan fingerprint density at radius 2 is 2.03 bits per heavy atom. The van der Waals surface area contributed by atoms with Crippen molar-refractivity contribution in [2.45, 2.75) is 6.54 Å². The zero-order valence-electron chi connectivity index (χ0n) is 18.8. The zero-order chi connectivity index (χ0) is 24.4. The van der Waals surface area contributed by atoms with Gasteiger partial charge in [0.05, 0.1) is 24.1 Å². The Morgan fingerprint density at radius 3 is 2.86 bits per heavy atom. The van der Waals surface area contributed by atoms with Gasteiger partial charge in [-0.3, -0.25) is 9.36 Å². The number of nitrogens with one attached hydrogen (secondary N) is 1. The lowest BCUT2D eigenvalue weighted by molar-refractivity contribution is 0.0697. The largest absolute Gasteiger partial charge is 0.478 e. The molecule has 0 saturated heterocycles. The van der Waals surface area contributed by atoms with Gasteiger partial charge in [-0.05, 0) is 41.3 Å². The van der Waals surface area contributed by atoms with Gasteiger partial charge in [0.25, 0.3) is 5.56 Å². The molecule has 0 atom stereocenters. The number of H-pyrrole nitrogens is 1. The summed E-state index contributed by atoms with van der Waals surface area (Å²) in [5, 5.41) is 11.2. The number of aromatic amines is 1. The van der Waals surface area contributed by atoms with Gasteiger partial charge in [0.1, 0.15) is 6.33 Å². The number of hydrogen-bond acceptors (Lipinski definition) is 5. The smallest absolute Gasteiger partial charge is 0.336 e. The van der Waals surface area contributed by atoms with Gasteiger partial charge in [0, 0.05) is 41.7 Å². The average molecular weight is 464 g/mol. The lowest BCUT2D eigenvalue weighted by Crippen LogP contribution is -2.23. The van der Waals surface area contributed by atoms with Crippen LogP contribution >= 0.6 is 0 Å². The van der Waals surface area contributed by atoms with Crippen molar-refractivity contribution in [2.24, 2.45) is 0 Å². The van der Waals surface area contributed by atoms with Crippen molar-refractivity contribution in [1.82, 2.24) is 19.5 Å². The van der Waals surface area contributed by atoms with E-state index in [1.165, 1.54) is 10.9 Å². The minimum Gasteiger partial charge on any atom is -0.478 e. The van der Waals surface area contributed by atoms with Crippen molar-refractivity contribution in [2.75, 3.05) is 13.7 Å². The number of carbonyl (C=O) groups is 1. The van der Waals surface area contributed by atoms with Crippen LogP contribution in [0.3, 0.4) is 0 Å². The molecule has 0 radical (unpaired) electrons. The third-order valence-corrected chi connectivity index (χ3v) is 5.69. The van der Waals surface area contributed by atoms with Crippen LogP contribution < -0.4 is 5.56 Å². The molecule has 5 rings (SSSR count). The van der Waals surface area contributed by atoms with Crippen molar-refractivity contribution >= 4 is 27.9 Å². The number of aromatic nitrogens is 4. The molecule has 5 aromatic rings. The molecule has 0 bridgehead atoms. The molecule has 172 valence electrons. The van der Waals surface area contributed by atoms with E-state index in [2.05, 4.69) is 26.8 Å². The molecule has 0 amide bonds. The van der Waals surface area contributed by atoms with Crippen LogP contribution in [0, 0.1) is 11.8 Å². The third-order valence-electron chi connectivity index (χ3n) is 5.69. The van der Waals surface area contributed by atoms with E-state index in [1.54, 1.807) is 37.6 Å². The monoisotopic (exact) mass is 464 g/mol. The minimum absolute atomic E-state index is 0.157. The number of methoxy groups -OCH3 is 1. The Bertz CT molecular complexity index is 1710. The van der Waals surface area contributed by atoms with Crippen LogP contribution in [0.15, 0.2) is 72.0 Å². The van der Waals surface area contributed by atoms with Gasteiger partial charge < -0.3 is 14.8 Å². The van der Waals surface area contributed by atoms with Gasteiger partial charge in [-0.15, -0.1) is 0 Å². The Labute approximate surface area is 199 Å². The highest BCUT2D eigenvalue weighted by Crippen LogP contribution is 2.30. The number of hydrogen-bond donors (Lipinski definition) is 2. The molecule has 3 aromatic heterocycles. The highest BCUT2D eigenvalue weighted by Gasteiger charge is 2.16. The van der Waals surface area contributed by atoms with Gasteiger partial charge in [-0.25, -0.2) is 14.8 Å². The Hall–Kier alpha value is -4.74. The van der Waals surface area contributed by atoms with Crippen molar-refractivity contribution in [3.63, 3.8) is 0 Å². The Balaban J connectivity index is 1.61. The molecule has 8 nitrogen and oxygen atoms in total. The van der Waals surface area contributed by atoms with E-state index in [0.717, 1.165) is 16.5 Å². The van der Waals surface area contributed by atoms with E-state index in [9.17, 15) is 14.7 Å². The number of aromatic carboxylic acids is 1. The number of rotatable bonds is 5. The first-order valence-electron chi connectivity index (χ1n) is 10.8. The third kappa shape index (κ3) is 4.28. The summed E-state index contributed by atoms with van der Waals surface area (Å²) >= 11 is 0. The molecule has 0 spiro atoms. The highest BCUT2D eigenvalue weighted by atomic mass is 16.5. The van der Waals surface area contributed by atoms with Gasteiger partial charge in [-0.1, -0.05) is 30.0 Å². The second kappa shape index (κ2) is 9.25. The van der Waals surface area contributed by atoms with Crippen LogP contribution in [-0.4, -0.2) is 44.3 Å². The summed E-state index contributed by atoms with van der Waals surface area (Å²) in [6, 6.07) is 14.3. The molecule has 0 unspecified atom stereocenters. The maximum Gasteiger partial charge on any atom is 0.336 e. The summed E-state index contributed by atoms with van der Waals surface area (Å²) in [6.45, 7) is 0.766. The number of ether oxygens (including phenoxy) is 1. The fourth-order valence-corrected chi connectivity index (χ4v) is 3.96. The van der Waals surface area contributed by atoms with E-state index in [1.807, 2.05) is 30.5 Å². The summed E-state index contributed by atoms with van der Waals surface area (Å²) in [5.74, 6) is 5.09. The molecule has 0 aliphatic heterocycles. The minimum atomic E-state index is -1.04.